The van der Waals surface area contributed by atoms with Crippen molar-refractivity contribution in [1.29, 1.82) is 0 Å². The molecule has 100 valence electrons. The van der Waals surface area contributed by atoms with Gasteiger partial charge in [-0.2, -0.15) is 0 Å². The highest BCUT2D eigenvalue weighted by atomic mass is 79.9. The standard InChI is InChI=1S/C15H15BrClNO/c1-10-2-5-12(6-3-10)18-15(9-19)11-4-7-14(17)13(16)8-11/h2-8,15,18-19H,9H2,1H3. The minimum atomic E-state index is -0.156. The lowest BCUT2D eigenvalue weighted by molar-refractivity contribution is 0.276. The van der Waals surface area contributed by atoms with E-state index < -0.39 is 0 Å². The molecule has 19 heavy (non-hydrogen) atoms. The van der Waals surface area contributed by atoms with Gasteiger partial charge in [-0.1, -0.05) is 35.4 Å². The minimum Gasteiger partial charge on any atom is -0.394 e. The first-order valence-corrected chi connectivity index (χ1v) is 7.16. The largest absolute Gasteiger partial charge is 0.394 e. The Bertz CT molecular complexity index is 557. The third kappa shape index (κ3) is 3.72. The second kappa shape index (κ2) is 6.42. The lowest BCUT2D eigenvalue weighted by Crippen LogP contribution is -2.14. The number of nitrogens with one attached hydrogen (secondary N) is 1. The van der Waals surface area contributed by atoms with Crippen molar-refractivity contribution in [2.75, 3.05) is 11.9 Å². The summed E-state index contributed by atoms with van der Waals surface area (Å²) >= 11 is 9.37. The van der Waals surface area contributed by atoms with Gasteiger partial charge in [0.2, 0.25) is 0 Å². The molecule has 0 radical (unpaired) electrons. The number of hydrogen-bond acceptors (Lipinski definition) is 2. The summed E-state index contributed by atoms with van der Waals surface area (Å²) in [4.78, 5) is 0. The molecule has 0 aromatic heterocycles. The third-order valence-corrected chi connectivity index (χ3v) is 4.14. The maximum Gasteiger partial charge on any atom is 0.0745 e. The minimum absolute atomic E-state index is 0.0158. The molecule has 0 spiro atoms. The SMILES string of the molecule is Cc1ccc(NC(CO)c2ccc(Cl)c(Br)c2)cc1. The molecule has 0 heterocycles. The Morgan fingerprint density at radius 1 is 1.21 bits per heavy atom. The predicted octanol–water partition coefficient (Wildman–Crippen LogP) is 4.56. The Morgan fingerprint density at radius 3 is 2.47 bits per heavy atom. The Balaban J connectivity index is 2.19. The average Bonchev–Trinajstić information content (AvgIpc) is 2.41. The van der Waals surface area contributed by atoms with Crippen LogP contribution < -0.4 is 5.32 Å². The molecule has 1 atom stereocenters. The van der Waals surface area contributed by atoms with Gasteiger partial charge in [0, 0.05) is 10.2 Å². The molecule has 0 amide bonds. The summed E-state index contributed by atoms with van der Waals surface area (Å²) in [5, 5.41) is 13.5. The molecular formula is C15H15BrClNO. The summed E-state index contributed by atoms with van der Waals surface area (Å²) in [7, 11) is 0. The normalized spacial score (nSPS) is 12.2. The zero-order chi connectivity index (χ0) is 13.8. The van der Waals surface area contributed by atoms with E-state index in [9.17, 15) is 5.11 Å². The summed E-state index contributed by atoms with van der Waals surface area (Å²) in [6.07, 6.45) is 0. The van der Waals surface area contributed by atoms with Gasteiger partial charge in [0.15, 0.2) is 0 Å². The molecule has 2 nitrogen and oxygen atoms in total. The van der Waals surface area contributed by atoms with Crippen LogP contribution in [0, 0.1) is 6.92 Å². The van der Waals surface area contributed by atoms with Gasteiger partial charge in [-0.05, 0) is 52.7 Å². The topological polar surface area (TPSA) is 32.3 Å². The smallest absolute Gasteiger partial charge is 0.0745 e. The van der Waals surface area contributed by atoms with Gasteiger partial charge < -0.3 is 10.4 Å². The van der Waals surface area contributed by atoms with E-state index >= 15 is 0 Å². The first-order chi connectivity index (χ1) is 9.10. The molecule has 2 rings (SSSR count). The van der Waals surface area contributed by atoms with Crippen molar-refractivity contribution in [2.24, 2.45) is 0 Å². The van der Waals surface area contributed by atoms with E-state index in [-0.39, 0.29) is 12.6 Å². The first-order valence-electron chi connectivity index (χ1n) is 5.99. The van der Waals surface area contributed by atoms with Crippen LogP contribution >= 0.6 is 27.5 Å². The molecule has 0 aliphatic heterocycles. The Hall–Kier alpha value is -1.03. The van der Waals surface area contributed by atoms with Gasteiger partial charge in [-0.25, -0.2) is 0 Å². The summed E-state index contributed by atoms with van der Waals surface area (Å²) in [5.41, 5.74) is 3.18. The Kier molecular flexibility index (Phi) is 4.86. The van der Waals surface area contributed by atoms with Crippen molar-refractivity contribution in [3.8, 4) is 0 Å². The summed E-state index contributed by atoms with van der Waals surface area (Å²) < 4.78 is 0.829. The predicted molar refractivity (Wildman–Crippen MR) is 83.8 cm³/mol. The first kappa shape index (κ1) is 14.4. The van der Waals surface area contributed by atoms with Gasteiger partial charge in [0.25, 0.3) is 0 Å². The van der Waals surface area contributed by atoms with Crippen LogP contribution in [-0.2, 0) is 0 Å². The second-order valence-electron chi connectivity index (χ2n) is 4.42. The number of aryl methyl sites for hydroxylation is 1. The monoisotopic (exact) mass is 339 g/mol. The number of halogens is 2. The maximum atomic E-state index is 9.54. The number of rotatable bonds is 4. The molecule has 4 heteroatoms. The number of aliphatic hydroxyl groups is 1. The zero-order valence-corrected chi connectivity index (χ0v) is 12.9. The van der Waals surface area contributed by atoms with Gasteiger partial charge >= 0.3 is 0 Å². The van der Waals surface area contributed by atoms with Crippen molar-refractivity contribution in [3.63, 3.8) is 0 Å². The number of aliphatic hydroxyl groups excluding tert-OH is 1. The molecule has 0 aliphatic carbocycles. The maximum absolute atomic E-state index is 9.54. The van der Waals surface area contributed by atoms with E-state index in [0.29, 0.717) is 5.02 Å². The molecular weight excluding hydrogens is 326 g/mol. The fourth-order valence-corrected chi connectivity index (χ4v) is 2.33. The molecule has 2 N–H and O–H groups in total. The zero-order valence-electron chi connectivity index (χ0n) is 10.5. The van der Waals surface area contributed by atoms with Crippen molar-refractivity contribution in [1.82, 2.24) is 0 Å². The fraction of sp³-hybridized carbons (Fsp3) is 0.200. The number of hydrogen-bond donors (Lipinski definition) is 2. The Morgan fingerprint density at radius 2 is 1.89 bits per heavy atom. The van der Waals surface area contributed by atoms with E-state index in [2.05, 4.69) is 21.2 Å². The van der Waals surface area contributed by atoms with Crippen LogP contribution in [0.5, 0.6) is 0 Å². The van der Waals surface area contributed by atoms with Gasteiger partial charge in [0.1, 0.15) is 0 Å². The fourth-order valence-electron chi connectivity index (χ4n) is 1.81. The van der Waals surface area contributed by atoms with Crippen LogP contribution in [-0.4, -0.2) is 11.7 Å². The van der Waals surface area contributed by atoms with Gasteiger partial charge in [-0.15, -0.1) is 0 Å². The van der Waals surface area contributed by atoms with E-state index in [1.807, 2.05) is 49.4 Å². The summed E-state index contributed by atoms with van der Waals surface area (Å²) in [5.74, 6) is 0. The van der Waals surface area contributed by atoms with Crippen LogP contribution in [0.4, 0.5) is 5.69 Å². The molecule has 0 bridgehead atoms. The van der Waals surface area contributed by atoms with Crippen LogP contribution in [0.15, 0.2) is 46.9 Å². The van der Waals surface area contributed by atoms with Crippen molar-refractivity contribution < 1.29 is 5.11 Å². The van der Waals surface area contributed by atoms with Crippen molar-refractivity contribution in [2.45, 2.75) is 13.0 Å². The van der Waals surface area contributed by atoms with Gasteiger partial charge in [0.05, 0.1) is 17.7 Å². The van der Waals surface area contributed by atoms with Crippen molar-refractivity contribution >= 4 is 33.2 Å². The Labute approximate surface area is 126 Å². The highest BCUT2D eigenvalue weighted by Gasteiger charge is 2.11. The summed E-state index contributed by atoms with van der Waals surface area (Å²) in [6, 6.07) is 13.6. The van der Waals surface area contributed by atoms with E-state index in [0.717, 1.165) is 15.7 Å². The summed E-state index contributed by atoms with van der Waals surface area (Å²) in [6.45, 7) is 2.06. The molecule has 0 saturated carbocycles. The van der Waals surface area contributed by atoms with E-state index in [4.69, 9.17) is 11.6 Å². The highest BCUT2D eigenvalue weighted by Crippen LogP contribution is 2.27. The second-order valence-corrected chi connectivity index (χ2v) is 5.68. The molecule has 0 saturated heterocycles. The van der Waals surface area contributed by atoms with Crippen molar-refractivity contribution in [3.05, 3.63) is 63.1 Å². The van der Waals surface area contributed by atoms with E-state index in [1.165, 1.54) is 5.56 Å². The lowest BCUT2D eigenvalue weighted by atomic mass is 10.1. The quantitative estimate of drug-likeness (QED) is 0.855. The molecule has 0 aliphatic rings. The number of anilines is 1. The molecule has 1 unspecified atom stereocenters. The highest BCUT2D eigenvalue weighted by molar-refractivity contribution is 9.10. The van der Waals surface area contributed by atoms with E-state index in [1.54, 1.807) is 0 Å². The van der Waals surface area contributed by atoms with Gasteiger partial charge in [-0.3, -0.25) is 0 Å². The number of benzene rings is 2. The lowest BCUT2D eigenvalue weighted by Gasteiger charge is -2.18. The van der Waals surface area contributed by atoms with Crippen LogP contribution in [0.25, 0.3) is 0 Å². The molecule has 2 aromatic carbocycles. The molecule has 0 fully saturated rings. The van der Waals surface area contributed by atoms with Crippen LogP contribution in [0.3, 0.4) is 0 Å². The molecule has 2 aromatic rings. The third-order valence-electron chi connectivity index (χ3n) is 2.92. The average molecular weight is 341 g/mol. The van der Waals surface area contributed by atoms with Crippen LogP contribution in [0.1, 0.15) is 17.2 Å². The van der Waals surface area contributed by atoms with Crippen LogP contribution in [0.2, 0.25) is 5.02 Å².